The maximum absolute atomic E-state index is 11.8. The minimum absolute atomic E-state index is 0.210. The lowest BCUT2D eigenvalue weighted by atomic mass is 10.0. The molecule has 0 saturated carbocycles. The molecule has 1 atom stereocenters. The van der Waals surface area contributed by atoms with Crippen LogP contribution in [0.25, 0.3) is 0 Å². The van der Waals surface area contributed by atoms with Gasteiger partial charge < -0.3 is 4.74 Å². The Bertz CT molecular complexity index is 842. The Kier molecular flexibility index (Phi) is 5.21. The van der Waals surface area contributed by atoms with Crippen LogP contribution in [0.4, 0.5) is 10.5 Å². The van der Waals surface area contributed by atoms with Gasteiger partial charge in [0, 0.05) is 18.3 Å². The van der Waals surface area contributed by atoms with Gasteiger partial charge >= 0.3 is 6.09 Å². The summed E-state index contributed by atoms with van der Waals surface area (Å²) < 4.78 is 5.24. The highest BCUT2D eigenvalue weighted by atomic mass is 16.6. The Labute approximate surface area is 158 Å². The molecular formula is C20H22N4O3. The quantitative estimate of drug-likeness (QED) is 0.836. The Morgan fingerprint density at radius 1 is 1.22 bits per heavy atom. The molecule has 0 aliphatic carbocycles. The smallest absolute Gasteiger partial charge is 0.412 e. The molecule has 0 bridgehead atoms. The highest BCUT2D eigenvalue weighted by Gasteiger charge is 2.29. The Morgan fingerprint density at radius 3 is 2.56 bits per heavy atom. The summed E-state index contributed by atoms with van der Waals surface area (Å²) in [6, 6.07) is 12.7. The first-order chi connectivity index (χ1) is 12.9. The molecule has 2 amide bonds. The van der Waals surface area contributed by atoms with Crippen molar-refractivity contribution in [1.82, 2.24) is 9.99 Å². The zero-order valence-electron chi connectivity index (χ0n) is 15.5. The molecule has 1 aromatic heterocycles. The van der Waals surface area contributed by atoms with E-state index in [2.05, 4.69) is 15.4 Å². The number of hydrogen-bond acceptors (Lipinski definition) is 5. The van der Waals surface area contributed by atoms with Crippen molar-refractivity contribution in [2.75, 3.05) is 5.32 Å². The van der Waals surface area contributed by atoms with Crippen LogP contribution >= 0.6 is 0 Å². The second kappa shape index (κ2) is 7.57. The average Bonchev–Trinajstić information content (AvgIpc) is 3.06. The van der Waals surface area contributed by atoms with Crippen LogP contribution in [0, 0.1) is 0 Å². The van der Waals surface area contributed by atoms with Gasteiger partial charge in [0.25, 0.3) is 0 Å². The Hall–Kier alpha value is -3.22. The molecule has 1 aliphatic heterocycles. The Morgan fingerprint density at radius 2 is 1.96 bits per heavy atom. The molecule has 0 spiro atoms. The lowest BCUT2D eigenvalue weighted by Crippen LogP contribution is -2.27. The molecule has 0 radical (unpaired) electrons. The van der Waals surface area contributed by atoms with E-state index in [1.807, 2.05) is 51.1 Å². The summed E-state index contributed by atoms with van der Waals surface area (Å²) in [7, 11) is 0. The minimum atomic E-state index is -0.554. The third-order valence-electron chi connectivity index (χ3n) is 3.94. The number of amides is 2. The van der Waals surface area contributed by atoms with E-state index in [0.29, 0.717) is 18.5 Å². The number of rotatable bonds is 4. The molecule has 0 fully saturated rings. The molecule has 1 aliphatic rings. The van der Waals surface area contributed by atoms with Crippen molar-refractivity contribution in [2.24, 2.45) is 5.10 Å². The van der Waals surface area contributed by atoms with Gasteiger partial charge in [0.1, 0.15) is 11.6 Å². The van der Waals surface area contributed by atoms with Crippen LogP contribution in [0.2, 0.25) is 0 Å². The van der Waals surface area contributed by atoms with Gasteiger partial charge in [-0.2, -0.15) is 5.10 Å². The first-order valence-electron chi connectivity index (χ1n) is 8.68. The number of carbonyl (C=O) groups excluding carboxylic acids is 2. The molecule has 2 aromatic rings. The zero-order chi connectivity index (χ0) is 19.4. The summed E-state index contributed by atoms with van der Waals surface area (Å²) in [5.41, 5.74) is 2.55. The lowest BCUT2D eigenvalue weighted by Gasteiger charge is -2.19. The molecule has 7 nitrogen and oxygen atoms in total. The Balaban J connectivity index is 1.70. The summed E-state index contributed by atoms with van der Waals surface area (Å²) in [6.45, 7) is 5.43. The topological polar surface area (TPSA) is 83.9 Å². The second-order valence-electron chi connectivity index (χ2n) is 7.21. The lowest BCUT2D eigenvalue weighted by molar-refractivity contribution is -0.119. The van der Waals surface area contributed by atoms with E-state index in [-0.39, 0.29) is 6.04 Å². The van der Waals surface area contributed by atoms with Gasteiger partial charge in [0.05, 0.1) is 11.4 Å². The second-order valence-corrected chi connectivity index (χ2v) is 7.21. The number of aromatic nitrogens is 1. The van der Waals surface area contributed by atoms with Crippen molar-refractivity contribution in [1.29, 1.82) is 0 Å². The van der Waals surface area contributed by atoms with Gasteiger partial charge in [0.15, 0.2) is 0 Å². The molecule has 140 valence electrons. The fraction of sp³-hybridized carbons (Fsp3) is 0.300. The number of anilines is 1. The zero-order valence-corrected chi connectivity index (χ0v) is 15.5. The van der Waals surface area contributed by atoms with Crippen LogP contribution in [0.15, 0.2) is 53.8 Å². The van der Waals surface area contributed by atoms with E-state index >= 15 is 0 Å². The number of ether oxygens (including phenoxy) is 1. The molecule has 2 heterocycles. The van der Waals surface area contributed by atoms with Gasteiger partial charge in [0.2, 0.25) is 6.41 Å². The molecule has 27 heavy (non-hydrogen) atoms. The number of nitrogens with one attached hydrogen (secondary N) is 1. The summed E-state index contributed by atoms with van der Waals surface area (Å²) in [5.74, 6) is 0. The van der Waals surface area contributed by atoms with Crippen LogP contribution in [0.1, 0.15) is 44.5 Å². The molecule has 1 N–H and O–H groups in total. The number of hydrazone groups is 1. The van der Waals surface area contributed by atoms with Crippen molar-refractivity contribution in [2.45, 2.75) is 38.8 Å². The van der Waals surface area contributed by atoms with Crippen molar-refractivity contribution in [3.05, 3.63) is 59.9 Å². The van der Waals surface area contributed by atoms with Crippen LogP contribution in [-0.4, -0.2) is 33.8 Å². The first-order valence-corrected chi connectivity index (χ1v) is 8.68. The highest BCUT2D eigenvalue weighted by molar-refractivity contribution is 6.02. The highest BCUT2D eigenvalue weighted by Crippen LogP contribution is 2.30. The molecule has 7 heteroatoms. The number of pyridine rings is 1. The fourth-order valence-corrected chi connectivity index (χ4v) is 2.78. The van der Waals surface area contributed by atoms with Gasteiger partial charge in [-0.25, -0.2) is 9.80 Å². The molecule has 1 aromatic carbocycles. The minimum Gasteiger partial charge on any atom is -0.444 e. The van der Waals surface area contributed by atoms with Gasteiger partial charge in [-0.1, -0.05) is 18.2 Å². The summed E-state index contributed by atoms with van der Waals surface area (Å²) in [4.78, 5) is 27.6. The predicted molar refractivity (Wildman–Crippen MR) is 102 cm³/mol. The van der Waals surface area contributed by atoms with Crippen molar-refractivity contribution in [3.8, 4) is 0 Å². The van der Waals surface area contributed by atoms with Crippen molar-refractivity contribution >= 4 is 23.9 Å². The third-order valence-corrected chi connectivity index (χ3v) is 3.94. The van der Waals surface area contributed by atoms with Gasteiger partial charge in [-0.05, 0) is 50.6 Å². The van der Waals surface area contributed by atoms with Gasteiger partial charge in [-0.15, -0.1) is 0 Å². The first kappa shape index (κ1) is 18.6. The predicted octanol–water partition coefficient (Wildman–Crippen LogP) is 3.74. The number of hydrogen-bond donors (Lipinski definition) is 1. The van der Waals surface area contributed by atoms with Crippen LogP contribution in [-0.2, 0) is 9.53 Å². The van der Waals surface area contributed by atoms with Crippen molar-refractivity contribution in [3.63, 3.8) is 0 Å². The maximum atomic E-state index is 11.8. The van der Waals surface area contributed by atoms with E-state index in [0.717, 1.165) is 17.0 Å². The largest absolute Gasteiger partial charge is 0.444 e. The SMILES string of the molecule is CC(C)(C)OC(=O)Nc1ccc(C2=NN(C=O)C(c3ccccn3)C2)cc1. The van der Waals surface area contributed by atoms with Crippen LogP contribution in [0.5, 0.6) is 0 Å². The fourth-order valence-electron chi connectivity index (χ4n) is 2.78. The van der Waals surface area contributed by atoms with Crippen LogP contribution < -0.4 is 5.32 Å². The monoisotopic (exact) mass is 366 g/mol. The van der Waals surface area contributed by atoms with E-state index in [1.165, 1.54) is 5.01 Å². The number of nitrogens with zero attached hydrogens (tertiary/aromatic N) is 3. The summed E-state index contributed by atoms with van der Waals surface area (Å²) in [6.07, 6.45) is 2.49. The molecule has 0 saturated heterocycles. The van der Waals surface area contributed by atoms with E-state index < -0.39 is 11.7 Å². The van der Waals surface area contributed by atoms with E-state index in [4.69, 9.17) is 4.74 Å². The van der Waals surface area contributed by atoms with Crippen LogP contribution in [0.3, 0.4) is 0 Å². The summed E-state index contributed by atoms with van der Waals surface area (Å²) in [5, 5.41) is 8.49. The molecular weight excluding hydrogens is 344 g/mol. The maximum Gasteiger partial charge on any atom is 0.412 e. The standard InChI is InChI=1S/C20H22N4O3/c1-20(2,3)27-19(26)22-15-9-7-14(8-10-15)17-12-18(24(13-25)23-17)16-6-4-5-11-21-16/h4-11,13,18H,12H2,1-3H3,(H,22,26). The number of benzene rings is 1. The molecule has 3 rings (SSSR count). The van der Waals surface area contributed by atoms with Gasteiger partial charge in [-0.3, -0.25) is 15.1 Å². The van der Waals surface area contributed by atoms with E-state index in [9.17, 15) is 9.59 Å². The molecule has 1 unspecified atom stereocenters. The normalized spacial score (nSPS) is 16.6. The number of carbonyl (C=O) groups is 2. The van der Waals surface area contributed by atoms with Crippen molar-refractivity contribution < 1.29 is 14.3 Å². The average molecular weight is 366 g/mol. The van der Waals surface area contributed by atoms with E-state index in [1.54, 1.807) is 18.3 Å². The third kappa shape index (κ3) is 4.69. The summed E-state index contributed by atoms with van der Waals surface area (Å²) >= 11 is 0.